The lowest BCUT2D eigenvalue weighted by Crippen LogP contribution is -2.20. The SMILES string of the molecule is CC(=O)C1(c2c(F)ccc(Cl)c2F)CC1. The second-order valence-electron chi connectivity index (χ2n) is 3.86. The third kappa shape index (κ3) is 1.46. The van der Waals surface area contributed by atoms with E-state index >= 15 is 0 Å². The Bertz CT molecular complexity index is 438. The standard InChI is InChI=1S/C11H9ClF2O/c1-6(15)11(4-5-11)9-8(13)3-2-7(12)10(9)14/h2-3H,4-5H2,1H3. The van der Waals surface area contributed by atoms with Gasteiger partial charge in [-0.1, -0.05) is 11.6 Å². The van der Waals surface area contributed by atoms with Gasteiger partial charge >= 0.3 is 0 Å². The Hall–Kier alpha value is -0.960. The lowest BCUT2D eigenvalue weighted by molar-refractivity contribution is -0.119. The average molecular weight is 231 g/mol. The molecule has 0 bridgehead atoms. The highest BCUT2D eigenvalue weighted by molar-refractivity contribution is 6.30. The predicted molar refractivity (Wildman–Crippen MR) is 53.0 cm³/mol. The van der Waals surface area contributed by atoms with E-state index in [4.69, 9.17) is 11.6 Å². The van der Waals surface area contributed by atoms with Crippen LogP contribution in [0.25, 0.3) is 0 Å². The van der Waals surface area contributed by atoms with Crippen molar-refractivity contribution in [1.29, 1.82) is 0 Å². The van der Waals surface area contributed by atoms with Gasteiger partial charge in [-0.15, -0.1) is 0 Å². The zero-order valence-corrected chi connectivity index (χ0v) is 8.87. The number of carbonyl (C=O) groups excluding carboxylic acids is 1. The first-order valence-electron chi connectivity index (χ1n) is 4.64. The van der Waals surface area contributed by atoms with Crippen LogP contribution in [0.4, 0.5) is 8.78 Å². The van der Waals surface area contributed by atoms with E-state index in [0.717, 1.165) is 12.1 Å². The molecule has 1 fully saturated rings. The highest BCUT2D eigenvalue weighted by Gasteiger charge is 2.52. The largest absolute Gasteiger partial charge is 0.299 e. The van der Waals surface area contributed by atoms with E-state index in [2.05, 4.69) is 0 Å². The Morgan fingerprint density at radius 2 is 2.00 bits per heavy atom. The Morgan fingerprint density at radius 1 is 1.40 bits per heavy atom. The maximum Gasteiger partial charge on any atom is 0.148 e. The molecule has 0 N–H and O–H groups in total. The fourth-order valence-electron chi connectivity index (χ4n) is 1.87. The van der Waals surface area contributed by atoms with Crippen LogP contribution in [-0.4, -0.2) is 5.78 Å². The zero-order valence-electron chi connectivity index (χ0n) is 8.11. The molecule has 15 heavy (non-hydrogen) atoms. The summed E-state index contributed by atoms with van der Waals surface area (Å²) in [6.45, 7) is 1.35. The van der Waals surface area contributed by atoms with Crippen LogP contribution in [0.5, 0.6) is 0 Å². The van der Waals surface area contributed by atoms with Crippen LogP contribution < -0.4 is 0 Å². The van der Waals surface area contributed by atoms with Crippen molar-refractivity contribution in [3.05, 3.63) is 34.4 Å². The molecule has 1 saturated carbocycles. The van der Waals surface area contributed by atoms with Crippen LogP contribution in [0.15, 0.2) is 12.1 Å². The topological polar surface area (TPSA) is 17.1 Å². The third-order valence-corrected chi connectivity index (χ3v) is 3.24. The Balaban J connectivity index is 2.62. The normalized spacial score (nSPS) is 17.6. The molecule has 80 valence electrons. The Morgan fingerprint density at radius 3 is 2.47 bits per heavy atom. The highest BCUT2D eigenvalue weighted by atomic mass is 35.5. The molecule has 0 saturated heterocycles. The van der Waals surface area contributed by atoms with Gasteiger partial charge in [-0.2, -0.15) is 0 Å². The smallest absolute Gasteiger partial charge is 0.148 e. The molecule has 0 radical (unpaired) electrons. The van der Waals surface area contributed by atoms with Crippen LogP contribution >= 0.6 is 11.6 Å². The van der Waals surface area contributed by atoms with Gasteiger partial charge < -0.3 is 0 Å². The lowest BCUT2D eigenvalue weighted by atomic mass is 9.91. The maximum absolute atomic E-state index is 13.6. The molecule has 0 spiro atoms. The Labute approximate surface area is 91.0 Å². The first kappa shape index (κ1) is 10.6. The van der Waals surface area contributed by atoms with Gasteiger partial charge in [0.1, 0.15) is 17.4 Å². The van der Waals surface area contributed by atoms with E-state index in [1.165, 1.54) is 6.92 Å². The van der Waals surface area contributed by atoms with Gasteiger partial charge in [0, 0.05) is 5.56 Å². The molecule has 0 aromatic heterocycles. The maximum atomic E-state index is 13.6. The summed E-state index contributed by atoms with van der Waals surface area (Å²) < 4.78 is 27.1. The van der Waals surface area contributed by atoms with Crippen LogP contribution in [0.3, 0.4) is 0 Å². The molecule has 0 unspecified atom stereocenters. The molecule has 1 aliphatic carbocycles. The Kier molecular flexibility index (Phi) is 2.30. The van der Waals surface area contributed by atoms with Gasteiger partial charge in [0.2, 0.25) is 0 Å². The van der Waals surface area contributed by atoms with Crippen LogP contribution in [-0.2, 0) is 10.2 Å². The summed E-state index contributed by atoms with van der Waals surface area (Å²) in [6.07, 6.45) is 0.993. The van der Waals surface area contributed by atoms with E-state index in [-0.39, 0.29) is 16.4 Å². The quantitative estimate of drug-likeness (QED) is 0.713. The van der Waals surface area contributed by atoms with Gasteiger partial charge in [0.25, 0.3) is 0 Å². The summed E-state index contributed by atoms with van der Waals surface area (Å²) in [7, 11) is 0. The lowest BCUT2D eigenvalue weighted by Gasteiger charge is -2.14. The second-order valence-corrected chi connectivity index (χ2v) is 4.26. The molecule has 0 amide bonds. The number of benzene rings is 1. The average Bonchev–Trinajstić information content (AvgIpc) is 2.93. The number of carbonyl (C=O) groups is 1. The van der Waals surface area contributed by atoms with Crippen molar-refractivity contribution in [2.24, 2.45) is 0 Å². The molecule has 1 nitrogen and oxygen atoms in total. The fourth-order valence-corrected chi connectivity index (χ4v) is 2.03. The summed E-state index contributed by atoms with van der Waals surface area (Å²) in [6, 6.07) is 2.26. The molecule has 0 aliphatic heterocycles. The number of halogens is 3. The van der Waals surface area contributed by atoms with Crippen molar-refractivity contribution in [3.8, 4) is 0 Å². The second kappa shape index (κ2) is 3.27. The van der Waals surface area contributed by atoms with Crippen molar-refractivity contribution in [3.63, 3.8) is 0 Å². The summed E-state index contributed by atoms with van der Waals surface area (Å²) in [4.78, 5) is 11.4. The summed E-state index contributed by atoms with van der Waals surface area (Å²) in [5.74, 6) is -1.70. The van der Waals surface area contributed by atoms with Crippen molar-refractivity contribution >= 4 is 17.4 Å². The minimum atomic E-state index is -0.959. The third-order valence-electron chi connectivity index (χ3n) is 2.95. The predicted octanol–water partition coefficient (Wildman–Crippen LogP) is 3.24. The van der Waals surface area contributed by atoms with E-state index in [0.29, 0.717) is 12.8 Å². The van der Waals surface area contributed by atoms with Crippen LogP contribution in [0.2, 0.25) is 5.02 Å². The number of hydrogen-bond donors (Lipinski definition) is 0. The van der Waals surface area contributed by atoms with Gasteiger partial charge in [0.05, 0.1) is 10.4 Å². The fraction of sp³-hybridized carbons (Fsp3) is 0.364. The molecule has 1 aromatic rings. The van der Waals surface area contributed by atoms with E-state index in [1.54, 1.807) is 0 Å². The molecular weight excluding hydrogens is 222 g/mol. The van der Waals surface area contributed by atoms with E-state index in [1.807, 2.05) is 0 Å². The molecule has 0 heterocycles. The van der Waals surface area contributed by atoms with Gasteiger partial charge in [-0.3, -0.25) is 4.79 Å². The van der Waals surface area contributed by atoms with Crippen LogP contribution in [0.1, 0.15) is 25.3 Å². The number of ketones is 1. The number of rotatable bonds is 2. The first-order chi connectivity index (χ1) is 6.99. The van der Waals surface area contributed by atoms with E-state index < -0.39 is 17.0 Å². The number of hydrogen-bond acceptors (Lipinski definition) is 1. The molecule has 2 rings (SSSR count). The molecule has 1 aromatic carbocycles. The molecule has 0 atom stereocenters. The number of Topliss-reactive ketones (excluding diaryl/α,β-unsaturated/α-hetero) is 1. The van der Waals surface area contributed by atoms with Gasteiger partial charge in [-0.25, -0.2) is 8.78 Å². The van der Waals surface area contributed by atoms with Crippen molar-refractivity contribution in [2.45, 2.75) is 25.2 Å². The van der Waals surface area contributed by atoms with Crippen LogP contribution in [0, 0.1) is 11.6 Å². The molecule has 4 heteroatoms. The molecular formula is C11H9ClF2O. The zero-order chi connectivity index (χ0) is 11.2. The van der Waals surface area contributed by atoms with Gasteiger partial charge in [0.15, 0.2) is 0 Å². The summed E-state index contributed by atoms with van der Waals surface area (Å²) in [5.41, 5.74) is -1.12. The van der Waals surface area contributed by atoms with E-state index in [9.17, 15) is 13.6 Å². The van der Waals surface area contributed by atoms with Crippen molar-refractivity contribution < 1.29 is 13.6 Å². The van der Waals surface area contributed by atoms with Crippen molar-refractivity contribution in [1.82, 2.24) is 0 Å². The van der Waals surface area contributed by atoms with Gasteiger partial charge in [-0.05, 0) is 31.9 Å². The first-order valence-corrected chi connectivity index (χ1v) is 5.02. The monoisotopic (exact) mass is 230 g/mol. The highest BCUT2D eigenvalue weighted by Crippen LogP contribution is 2.51. The molecule has 1 aliphatic rings. The minimum Gasteiger partial charge on any atom is -0.299 e. The van der Waals surface area contributed by atoms with Crippen molar-refractivity contribution in [2.75, 3.05) is 0 Å². The summed E-state index contributed by atoms with van der Waals surface area (Å²) in [5, 5.41) is -0.140. The summed E-state index contributed by atoms with van der Waals surface area (Å²) >= 11 is 5.57. The minimum absolute atomic E-state index is 0.140.